The molecular formula is C8H10N2O. The van der Waals surface area contributed by atoms with Crippen LogP contribution in [0.2, 0.25) is 0 Å². The number of pyridine rings is 1. The Bertz CT molecular complexity index is 294. The van der Waals surface area contributed by atoms with Crippen molar-refractivity contribution in [3.05, 3.63) is 23.5 Å². The van der Waals surface area contributed by atoms with Crippen LogP contribution in [0, 0.1) is 6.92 Å². The van der Waals surface area contributed by atoms with Gasteiger partial charge in [0.15, 0.2) is 5.78 Å². The molecule has 3 nitrogen and oxygen atoms in total. The summed E-state index contributed by atoms with van der Waals surface area (Å²) in [5, 5.41) is 0. The normalized spacial score (nSPS) is 9.64. The van der Waals surface area contributed by atoms with Gasteiger partial charge in [0, 0.05) is 11.3 Å². The second-order valence-electron chi connectivity index (χ2n) is 2.46. The van der Waals surface area contributed by atoms with Gasteiger partial charge in [-0.15, -0.1) is 0 Å². The van der Waals surface area contributed by atoms with Gasteiger partial charge in [0.05, 0.1) is 11.9 Å². The molecule has 1 rings (SSSR count). The van der Waals surface area contributed by atoms with E-state index in [4.69, 9.17) is 5.73 Å². The molecule has 1 aromatic rings. The zero-order chi connectivity index (χ0) is 8.43. The molecule has 1 heterocycles. The van der Waals surface area contributed by atoms with Gasteiger partial charge in [-0.1, -0.05) is 0 Å². The minimum absolute atomic E-state index is 0.00213. The van der Waals surface area contributed by atoms with Gasteiger partial charge in [-0.3, -0.25) is 9.78 Å². The zero-order valence-corrected chi connectivity index (χ0v) is 6.59. The number of nitrogen functional groups attached to an aromatic ring is 1. The number of aryl methyl sites for hydroxylation is 1. The number of nitrogens with zero attached hydrogens (tertiary/aromatic N) is 1. The SMILES string of the molecule is CC(=O)c1cc(N)cnc1C. The van der Waals surface area contributed by atoms with Crippen molar-refractivity contribution in [3.8, 4) is 0 Å². The van der Waals surface area contributed by atoms with Crippen LogP contribution in [0.5, 0.6) is 0 Å². The molecule has 0 bridgehead atoms. The lowest BCUT2D eigenvalue weighted by atomic mass is 10.1. The van der Waals surface area contributed by atoms with E-state index in [1.807, 2.05) is 0 Å². The van der Waals surface area contributed by atoms with Gasteiger partial charge in [-0.05, 0) is 19.9 Å². The Morgan fingerprint density at radius 3 is 2.73 bits per heavy atom. The molecule has 0 atom stereocenters. The summed E-state index contributed by atoms with van der Waals surface area (Å²) in [4.78, 5) is 14.9. The summed E-state index contributed by atoms with van der Waals surface area (Å²) in [7, 11) is 0. The Hall–Kier alpha value is -1.38. The van der Waals surface area contributed by atoms with Gasteiger partial charge in [-0.2, -0.15) is 0 Å². The van der Waals surface area contributed by atoms with Crippen molar-refractivity contribution in [3.63, 3.8) is 0 Å². The molecule has 0 aliphatic heterocycles. The number of hydrogen-bond acceptors (Lipinski definition) is 3. The molecule has 0 radical (unpaired) electrons. The van der Waals surface area contributed by atoms with Crippen LogP contribution in [0.15, 0.2) is 12.3 Å². The molecular weight excluding hydrogens is 140 g/mol. The quantitative estimate of drug-likeness (QED) is 0.611. The van der Waals surface area contributed by atoms with Crippen molar-refractivity contribution in [1.82, 2.24) is 4.98 Å². The maximum atomic E-state index is 10.9. The molecule has 58 valence electrons. The average Bonchev–Trinajstić information content (AvgIpc) is 1.94. The molecule has 1 aromatic heterocycles. The van der Waals surface area contributed by atoms with Gasteiger partial charge in [0.25, 0.3) is 0 Å². The maximum absolute atomic E-state index is 10.9. The van der Waals surface area contributed by atoms with Gasteiger partial charge in [-0.25, -0.2) is 0 Å². The van der Waals surface area contributed by atoms with Crippen molar-refractivity contribution in [2.45, 2.75) is 13.8 Å². The number of rotatable bonds is 1. The summed E-state index contributed by atoms with van der Waals surface area (Å²) in [5.41, 5.74) is 7.31. The number of carbonyl (C=O) groups is 1. The highest BCUT2D eigenvalue weighted by atomic mass is 16.1. The first-order valence-electron chi connectivity index (χ1n) is 3.34. The second kappa shape index (κ2) is 2.70. The number of nitrogens with two attached hydrogens (primary N) is 1. The van der Waals surface area contributed by atoms with Crippen molar-refractivity contribution in [2.24, 2.45) is 0 Å². The monoisotopic (exact) mass is 150 g/mol. The summed E-state index contributed by atoms with van der Waals surface area (Å²) in [6.07, 6.45) is 1.54. The first-order chi connectivity index (χ1) is 5.11. The number of hydrogen-bond donors (Lipinski definition) is 1. The van der Waals surface area contributed by atoms with E-state index in [1.54, 1.807) is 19.2 Å². The lowest BCUT2D eigenvalue weighted by molar-refractivity contribution is 0.101. The van der Waals surface area contributed by atoms with E-state index in [-0.39, 0.29) is 5.78 Å². The molecule has 0 amide bonds. The van der Waals surface area contributed by atoms with E-state index >= 15 is 0 Å². The molecule has 0 aromatic carbocycles. The Morgan fingerprint density at radius 2 is 2.27 bits per heavy atom. The molecule has 0 spiro atoms. The van der Waals surface area contributed by atoms with E-state index in [0.717, 1.165) is 5.69 Å². The second-order valence-corrected chi connectivity index (χ2v) is 2.46. The smallest absolute Gasteiger partial charge is 0.161 e. The van der Waals surface area contributed by atoms with Gasteiger partial charge in [0.1, 0.15) is 0 Å². The van der Waals surface area contributed by atoms with E-state index < -0.39 is 0 Å². The van der Waals surface area contributed by atoms with Gasteiger partial charge in [0.2, 0.25) is 0 Å². The van der Waals surface area contributed by atoms with Crippen LogP contribution in [-0.4, -0.2) is 10.8 Å². The predicted octanol–water partition coefficient (Wildman–Crippen LogP) is 1.17. The average molecular weight is 150 g/mol. The van der Waals surface area contributed by atoms with Crippen molar-refractivity contribution in [1.29, 1.82) is 0 Å². The lowest BCUT2D eigenvalue weighted by Crippen LogP contribution is -2.00. The summed E-state index contributed by atoms with van der Waals surface area (Å²) in [6, 6.07) is 1.64. The summed E-state index contributed by atoms with van der Waals surface area (Å²) >= 11 is 0. The van der Waals surface area contributed by atoms with E-state index in [1.165, 1.54) is 6.92 Å². The molecule has 0 aliphatic rings. The van der Waals surface area contributed by atoms with Gasteiger partial charge < -0.3 is 5.73 Å². The molecule has 0 aliphatic carbocycles. The third-order valence-corrected chi connectivity index (χ3v) is 1.49. The van der Waals surface area contributed by atoms with Crippen LogP contribution >= 0.6 is 0 Å². The fourth-order valence-corrected chi connectivity index (χ4v) is 0.906. The third-order valence-electron chi connectivity index (χ3n) is 1.49. The van der Waals surface area contributed by atoms with Crippen molar-refractivity contribution in [2.75, 3.05) is 5.73 Å². The Balaban J connectivity index is 3.23. The van der Waals surface area contributed by atoms with Crippen molar-refractivity contribution >= 4 is 11.5 Å². The van der Waals surface area contributed by atoms with E-state index in [0.29, 0.717) is 11.3 Å². The maximum Gasteiger partial charge on any atom is 0.161 e. The summed E-state index contributed by atoms with van der Waals surface area (Å²) in [5.74, 6) is 0.00213. The first-order valence-corrected chi connectivity index (χ1v) is 3.34. The largest absolute Gasteiger partial charge is 0.397 e. The number of aromatic nitrogens is 1. The van der Waals surface area contributed by atoms with Crippen molar-refractivity contribution < 1.29 is 4.79 Å². The fraction of sp³-hybridized carbons (Fsp3) is 0.250. The highest BCUT2D eigenvalue weighted by Crippen LogP contribution is 2.09. The first kappa shape index (κ1) is 7.72. The standard InChI is InChI=1S/C8H10N2O/c1-5-8(6(2)11)3-7(9)4-10-5/h3-4H,9H2,1-2H3. The molecule has 2 N–H and O–H groups in total. The Morgan fingerprint density at radius 1 is 1.64 bits per heavy atom. The number of Topliss-reactive ketones (excluding diaryl/α,β-unsaturated/α-hetero) is 1. The minimum Gasteiger partial charge on any atom is -0.397 e. The number of anilines is 1. The third kappa shape index (κ3) is 1.55. The number of ketones is 1. The molecule has 0 fully saturated rings. The highest BCUT2D eigenvalue weighted by molar-refractivity contribution is 5.95. The molecule has 0 saturated carbocycles. The van der Waals surface area contributed by atoms with Crippen LogP contribution < -0.4 is 5.73 Å². The topological polar surface area (TPSA) is 56.0 Å². The molecule has 11 heavy (non-hydrogen) atoms. The molecule has 0 unspecified atom stereocenters. The summed E-state index contributed by atoms with van der Waals surface area (Å²) in [6.45, 7) is 3.29. The predicted molar refractivity (Wildman–Crippen MR) is 43.4 cm³/mol. The molecule has 3 heteroatoms. The minimum atomic E-state index is 0.00213. The van der Waals surface area contributed by atoms with E-state index in [9.17, 15) is 4.79 Å². The van der Waals surface area contributed by atoms with Crippen LogP contribution in [-0.2, 0) is 0 Å². The highest BCUT2D eigenvalue weighted by Gasteiger charge is 2.03. The Labute approximate surface area is 65.2 Å². The Kier molecular flexibility index (Phi) is 1.89. The van der Waals surface area contributed by atoms with Gasteiger partial charge >= 0.3 is 0 Å². The number of carbonyl (C=O) groups excluding carboxylic acids is 1. The van der Waals surface area contributed by atoms with E-state index in [2.05, 4.69) is 4.98 Å². The molecule has 0 saturated heterocycles. The zero-order valence-electron chi connectivity index (χ0n) is 6.59. The van der Waals surface area contributed by atoms with Crippen LogP contribution in [0.4, 0.5) is 5.69 Å². The van der Waals surface area contributed by atoms with Crippen LogP contribution in [0.25, 0.3) is 0 Å². The van der Waals surface area contributed by atoms with Crippen LogP contribution in [0.1, 0.15) is 23.0 Å². The summed E-state index contributed by atoms with van der Waals surface area (Å²) < 4.78 is 0. The lowest BCUT2D eigenvalue weighted by Gasteiger charge is -2.00. The van der Waals surface area contributed by atoms with Crippen LogP contribution in [0.3, 0.4) is 0 Å². The fourth-order valence-electron chi connectivity index (χ4n) is 0.906.